The van der Waals surface area contributed by atoms with Crippen LogP contribution < -0.4 is 0 Å². The van der Waals surface area contributed by atoms with Crippen LogP contribution in [0, 0.1) is 0 Å². The predicted molar refractivity (Wildman–Crippen MR) is 46.0 cm³/mol. The maximum absolute atomic E-state index is 12.2. The van der Waals surface area contributed by atoms with Crippen molar-refractivity contribution in [2.24, 2.45) is 0 Å². The quantitative estimate of drug-likeness (QED) is 0.696. The van der Waals surface area contributed by atoms with Crippen LogP contribution in [-0.2, 0) is 6.18 Å². The molecule has 0 bridgehead atoms. The zero-order valence-corrected chi connectivity index (χ0v) is 8.23. The second kappa shape index (κ2) is 3.94. The molecule has 0 aromatic carbocycles. The van der Waals surface area contributed by atoms with Crippen LogP contribution in [0.3, 0.4) is 0 Å². The van der Waals surface area contributed by atoms with Gasteiger partial charge < -0.3 is 0 Å². The summed E-state index contributed by atoms with van der Waals surface area (Å²) in [6.45, 7) is 0. The predicted octanol–water partition coefficient (Wildman–Crippen LogP) is 4.00. The fourth-order valence-corrected chi connectivity index (χ4v) is 1.56. The lowest BCUT2D eigenvalue weighted by Gasteiger charge is -2.08. The monoisotopic (exact) mass is 247 g/mol. The van der Waals surface area contributed by atoms with Crippen LogP contribution in [0.2, 0.25) is 5.15 Å². The Morgan fingerprint density at radius 1 is 1.31 bits per heavy atom. The molecule has 0 N–H and O–H groups in total. The largest absolute Gasteiger partial charge is 0.434 e. The Hall–Kier alpha value is -0.130. The van der Waals surface area contributed by atoms with Gasteiger partial charge in [0.15, 0.2) is 5.69 Å². The molecule has 0 atom stereocenters. The lowest BCUT2D eigenvalue weighted by atomic mass is 10.3. The molecule has 0 radical (unpaired) electrons. The van der Waals surface area contributed by atoms with Crippen LogP contribution in [0.25, 0.3) is 0 Å². The van der Waals surface area contributed by atoms with Gasteiger partial charge in [0.05, 0.1) is 4.90 Å². The molecule has 72 valence electrons. The first kappa shape index (κ1) is 10.9. The number of rotatable bonds is 1. The third-order valence-electron chi connectivity index (χ3n) is 1.18. The van der Waals surface area contributed by atoms with Gasteiger partial charge in [-0.1, -0.05) is 11.6 Å². The summed E-state index contributed by atoms with van der Waals surface area (Å²) in [6, 6.07) is 2.43. The SMILES string of the molecule is FC(F)(F)c1nc(Cl)ccc1SCl. The van der Waals surface area contributed by atoms with Crippen molar-refractivity contribution in [1.82, 2.24) is 4.98 Å². The standard InChI is InChI=1S/C6H2Cl2F3NS/c7-4-2-1-3(13-8)5(12-4)6(9,10)11/h1-2H. The summed E-state index contributed by atoms with van der Waals surface area (Å²) in [4.78, 5) is 3.00. The molecule has 1 aromatic rings. The van der Waals surface area contributed by atoms with Gasteiger partial charge in [-0.2, -0.15) is 13.2 Å². The molecule has 0 saturated carbocycles. The van der Waals surface area contributed by atoms with Gasteiger partial charge in [0.1, 0.15) is 5.15 Å². The molecule has 0 unspecified atom stereocenters. The third-order valence-corrected chi connectivity index (χ3v) is 2.38. The molecule has 0 aliphatic carbocycles. The Balaban J connectivity index is 3.24. The summed E-state index contributed by atoms with van der Waals surface area (Å²) >= 11 is 5.32. The van der Waals surface area contributed by atoms with Crippen LogP contribution in [0.5, 0.6) is 0 Å². The Morgan fingerprint density at radius 2 is 1.92 bits per heavy atom. The van der Waals surface area contributed by atoms with Crippen molar-refractivity contribution in [3.05, 3.63) is 23.0 Å². The van der Waals surface area contributed by atoms with Gasteiger partial charge in [-0.25, -0.2) is 4.98 Å². The van der Waals surface area contributed by atoms with Crippen molar-refractivity contribution in [1.29, 1.82) is 0 Å². The molecule has 0 aliphatic rings. The van der Waals surface area contributed by atoms with E-state index in [1.165, 1.54) is 12.1 Å². The number of hydrogen-bond acceptors (Lipinski definition) is 2. The fourth-order valence-electron chi connectivity index (χ4n) is 0.688. The van der Waals surface area contributed by atoms with Gasteiger partial charge in [-0.05, 0) is 33.8 Å². The van der Waals surface area contributed by atoms with E-state index in [0.717, 1.165) is 0 Å². The van der Waals surface area contributed by atoms with Crippen molar-refractivity contribution in [3.63, 3.8) is 0 Å². The molecule has 0 fully saturated rings. The van der Waals surface area contributed by atoms with Crippen molar-refractivity contribution in [2.75, 3.05) is 0 Å². The number of nitrogens with zero attached hydrogens (tertiary/aromatic N) is 1. The van der Waals surface area contributed by atoms with Crippen molar-refractivity contribution in [3.8, 4) is 0 Å². The number of aromatic nitrogens is 1. The van der Waals surface area contributed by atoms with Gasteiger partial charge in [0, 0.05) is 0 Å². The van der Waals surface area contributed by atoms with E-state index in [0.29, 0.717) is 11.0 Å². The van der Waals surface area contributed by atoms with Crippen LogP contribution >= 0.6 is 33.3 Å². The minimum Gasteiger partial charge on any atom is -0.230 e. The minimum atomic E-state index is -4.53. The Morgan fingerprint density at radius 3 is 2.38 bits per heavy atom. The van der Waals surface area contributed by atoms with Crippen molar-refractivity contribution < 1.29 is 13.2 Å². The smallest absolute Gasteiger partial charge is 0.230 e. The molecule has 13 heavy (non-hydrogen) atoms. The number of pyridine rings is 1. The summed E-state index contributed by atoms with van der Waals surface area (Å²) in [5.74, 6) is 0. The first-order valence-electron chi connectivity index (χ1n) is 2.97. The van der Waals surface area contributed by atoms with Gasteiger partial charge in [0.25, 0.3) is 0 Å². The van der Waals surface area contributed by atoms with Crippen LogP contribution in [-0.4, -0.2) is 4.98 Å². The van der Waals surface area contributed by atoms with E-state index in [1.54, 1.807) is 0 Å². The Bertz CT molecular complexity index is 315. The van der Waals surface area contributed by atoms with Crippen molar-refractivity contribution in [2.45, 2.75) is 11.1 Å². The fraction of sp³-hybridized carbons (Fsp3) is 0.167. The van der Waals surface area contributed by atoms with Gasteiger partial charge in [-0.3, -0.25) is 0 Å². The van der Waals surface area contributed by atoms with E-state index >= 15 is 0 Å². The molecule has 1 heterocycles. The van der Waals surface area contributed by atoms with Crippen LogP contribution in [0.4, 0.5) is 13.2 Å². The summed E-state index contributed by atoms with van der Waals surface area (Å²) in [5.41, 5.74) is -1.06. The molecule has 0 saturated heterocycles. The summed E-state index contributed by atoms with van der Waals surface area (Å²) in [5, 5.41) is -0.207. The molecule has 0 aliphatic heterocycles. The first-order valence-corrected chi connectivity index (χ1v) is 4.99. The van der Waals surface area contributed by atoms with E-state index in [9.17, 15) is 13.2 Å². The summed E-state index contributed by atoms with van der Waals surface area (Å²) in [6.07, 6.45) is -4.53. The Labute approximate surface area is 85.7 Å². The van der Waals surface area contributed by atoms with Crippen LogP contribution in [0.1, 0.15) is 5.69 Å². The summed E-state index contributed by atoms with van der Waals surface area (Å²) < 4.78 is 36.7. The molecule has 0 spiro atoms. The highest BCUT2D eigenvalue weighted by Gasteiger charge is 2.35. The molecule has 7 heteroatoms. The van der Waals surface area contributed by atoms with Crippen LogP contribution in [0.15, 0.2) is 17.0 Å². The highest BCUT2D eigenvalue weighted by atomic mass is 35.7. The second-order valence-corrected chi connectivity index (χ2v) is 3.50. The van der Waals surface area contributed by atoms with E-state index in [2.05, 4.69) is 4.98 Å². The topological polar surface area (TPSA) is 12.9 Å². The third kappa shape index (κ3) is 2.65. The molecular formula is C6H2Cl2F3NS. The average Bonchev–Trinajstić information content (AvgIpc) is 2.03. The number of hydrogen-bond donors (Lipinski definition) is 0. The van der Waals surface area contributed by atoms with Gasteiger partial charge >= 0.3 is 6.18 Å². The molecule has 1 aromatic heterocycles. The highest BCUT2D eigenvalue weighted by Crippen LogP contribution is 2.37. The first-order chi connectivity index (χ1) is 5.95. The number of alkyl halides is 3. The van der Waals surface area contributed by atoms with E-state index in [4.69, 9.17) is 22.3 Å². The molecule has 1 rings (SSSR count). The van der Waals surface area contributed by atoms with E-state index < -0.39 is 11.9 Å². The zero-order valence-electron chi connectivity index (χ0n) is 5.90. The molecular weight excluding hydrogens is 246 g/mol. The Kier molecular flexibility index (Phi) is 3.32. The number of halogens is 5. The van der Waals surface area contributed by atoms with Gasteiger partial charge in [0.2, 0.25) is 0 Å². The maximum Gasteiger partial charge on any atom is 0.434 e. The summed E-state index contributed by atoms with van der Waals surface area (Å²) in [7, 11) is 5.69. The molecule has 1 nitrogen and oxygen atoms in total. The van der Waals surface area contributed by atoms with E-state index in [-0.39, 0.29) is 10.0 Å². The zero-order chi connectivity index (χ0) is 10.1. The minimum absolute atomic E-state index is 0.154. The maximum atomic E-state index is 12.2. The van der Waals surface area contributed by atoms with Gasteiger partial charge in [-0.15, -0.1) is 0 Å². The average molecular weight is 248 g/mol. The normalized spacial score (nSPS) is 11.8. The molecule has 0 amide bonds. The highest BCUT2D eigenvalue weighted by molar-refractivity contribution is 8.21. The lowest BCUT2D eigenvalue weighted by Crippen LogP contribution is -2.09. The lowest BCUT2D eigenvalue weighted by molar-refractivity contribution is -0.143. The second-order valence-electron chi connectivity index (χ2n) is 2.06. The van der Waals surface area contributed by atoms with Crippen molar-refractivity contribution >= 4 is 33.3 Å². The van der Waals surface area contributed by atoms with E-state index in [1.807, 2.05) is 0 Å².